The summed E-state index contributed by atoms with van der Waals surface area (Å²) >= 11 is 11.4. The van der Waals surface area contributed by atoms with Gasteiger partial charge in [0.05, 0.1) is 27.2 Å². The minimum atomic E-state index is -0.0969. The van der Waals surface area contributed by atoms with E-state index in [1.807, 2.05) is 69.3 Å². The molecule has 0 aliphatic heterocycles. The number of benzene rings is 3. The molecule has 0 atom stereocenters. The third-order valence-corrected chi connectivity index (χ3v) is 7.56. The van der Waals surface area contributed by atoms with Gasteiger partial charge in [-0.1, -0.05) is 51.0 Å². The molecule has 0 aliphatic carbocycles. The standard InChI is InChI=1S/C27H22BrClN2O3S/c1-4-33-23-12-18(11-20(29)25(23)34-14-17-5-7-19(28)8-6-17)13-24-26(32)31-22-10-16(3)15(2)9-21(22)30-27(31)35-24/h5-13H,4,14H2,1-3H3/b24-13-. The Balaban J connectivity index is 1.53. The van der Waals surface area contributed by atoms with Crippen LogP contribution in [0.15, 0.2) is 57.8 Å². The average molecular weight is 570 g/mol. The van der Waals surface area contributed by atoms with Crippen LogP contribution in [0.2, 0.25) is 5.02 Å². The second-order valence-corrected chi connectivity index (χ2v) is 10.6. The van der Waals surface area contributed by atoms with Gasteiger partial charge in [-0.2, -0.15) is 0 Å². The highest BCUT2D eigenvalue weighted by atomic mass is 79.9. The summed E-state index contributed by atoms with van der Waals surface area (Å²) in [5.74, 6) is 1.02. The van der Waals surface area contributed by atoms with Gasteiger partial charge in [0.1, 0.15) is 6.61 Å². The molecular formula is C27H22BrClN2O3S. The molecule has 2 aromatic heterocycles. The van der Waals surface area contributed by atoms with Crippen molar-refractivity contribution >= 4 is 60.9 Å². The minimum absolute atomic E-state index is 0.0969. The Hall–Kier alpha value is -2.87. The summed E-state index contributed by atoms with van der Waals surface area (Å²) in [5, 5.41) is 0.421. The highest BCUT2D eigenvalue weighted by Gasteiger charge is 2.15. The second-order valence-electron chi connectivity index (χ2n) is 8.25. The van der Waals surface area contributed by atoms with Crippen molar-refractivity contribution in [3.8, 4) is 11.5 Å². The van der Waals surface area contributed by atoms with Gasteiger partial charge in [-0.05, 0) is 85.5 Å². The number of aryl methyl sites for hydroxylation is 2. The van der Waals surface area contributed by atoms with Crippen LogP contribution in [-0.2, 0) is 6.61 Å². The van der Waals surface area contributed by atoms with Gasteiger partial charge in [-0.3, -0.25) is 4.79 Å². The minimum Gasteiger partial charge on any atom is -0.490 e. The summed E-state index contributed by atoms with van der Waals surface area (Å²) in [7, 11) is 0. The predicted octanol–water partition coefficient (Wildman–Crippen LogP) is 6.47. The topological polar surface area (TPSA) is 52.8 Å². The molecular weight excluding hydrogens is 548 g/mol. The largest absolute Gasteiger partial charge is 0.490 e. The molecule has 0 aliphatic rings. The highest BCUT2D eigenvalue weighted by molar-refractivity contribution is 9.10. The normalized spacial score (nSPS) is 12.1. The Morgan fingerprint density at radius 2 is 1.83 bits per heavy atom. The van der Waals surface area contributed by atoms with Crippen LogP contribution < -0.4 is 19.6 Å². The van der Waals surface area contributed by atoms with Gasteiger partial charge >= 0.3 is 0 Å². The van der Waals surface area contributed by atoms with Crippen LogP contribution in [0.4, 0.5) is 0 Å². The van der Waals surface area contributed by atoms with Crippen molar-refractivity contribution in [2.24, 2.45) is 0 Å². The molecule has 3 aromatic carbocycles. The van der Waals surface area contributed by atoms with E-state index in [2.05, 4.69) is 20.9 Å². The fourth-order valence-electron chi connectivity index (χ4n) is 3.88. The zero-order chi connectivity index (χ0) is 24.7. The second kappa shape index (κ2) is 9.64. The maximum atomic E-state index is 13.3. The Morgan fingerprint density at radius 3 is 2.57 bits per heavy atom. The number of halogens is 2. The lowest BCUT2D eigenvalue weighted by atomic mass is 10.1. The molecule has 0 spiro atoms. The van der Waals surface area contributed by atoms with Crippen molar-refractivity contribution in [3.63, 3.8) is 0 Å². The maximum Gasteiger partial charge on any atom is 0.274 e. The number of hydrogen-bond acceptors (Lipinski definition) is 5. The van der Waals surface area contributed by atoms with E-state index in [0.29, 0.717) is 39.2 Å². The van der Waals surface area contributed by atoms with Crippen LogP contribution in [0, 0.1) is 13.8 Å². The van der Waals surface area contributed by atoms with Crippen molar-refractivity contribution in [2.45, 2.75) is 27.4 Å². The Morgan fingerprint density at radius 1 is 1.09 bits per heavy atom. The number of rotatable bonds is 6. The van der Waals surface area contributed by atoms with E-state index in [1.165, 1.54) is 11.3 Å². The van der Waals surface area contributed by atoms with E-state index < -0.39 is 0 Å². The molecule has 5 nitrogen and oxygen atoms in total. The molecule has 0 saturated carbocycles. The molecule has 2 heterocycles. The summed E-state index contributed by atoms with van der Waals surface area (Å²) in [6.45, 7) is 6.80. The SMILES string of the molecule is CCOc1cc(/C=c2\sc3nc4cc(C)c(C)cc4n3c2=O)cc(Cl)c1OCc1ccc(Br)cc1. The van der Waals surface area contributed by atoms with Crippen molar-refractivity contribution in [1.82, 2.24) is 9.38 Å². The van der Waals surface area contributed by atoms with Gasteiger partial charge in [0.15, 0.2) is 16.5 Å². The zero-order valence-corrected chi connectivity index (χ0v) is 22.6. The summed E-state index contributed by atoms with van der Waals surface area (Å²) in [6, 6.07) is 15.6. The third kappa shape index (κ3) is 4.68. The van der Waals surface area contributed by atoms with E-state index in [-0.39, 0.29) is 5.56 Å². The number of nitrogens with zero attached hydrogens (tertiary/aromatic N) is 2. The van der Waals surface area contributed by atoms with Crippen LogP contribution in [0.1, 0.15) is 29.2 Å². The number of hydrogen-bond donors (Lipinski definition) is 0. The molecule has 5 aromatic rings. The van der Waals surface area contributed by atoms with Crippen molar-refractivity contribution < 1.29 is 9.47 Å². The number of ether oxygens (including phenoxy) is 2. The lowest BCUT2D eigenvalue weighted by molar-refractivity contribution is 0.269. The lowest BCUT2D eigenvalue weighted by Crippen LogP contribution is -2.22. The summed E-state index contributed by atoms with van der Waals surface area (Å²) in [6.07, 6.45) is 1.82. The molecule has 0 bridgehead atoms. The summed E-state index contributed by atoms with van der Waals surface area (Å²) < 4.78 is 15.1. The van der Waals surface area contributed by atoms with Gasteiger partial charge in [0, 0.05) is 4.47 Å². The Bertz CT molecular complexity index is 1680. The predicted molar refractivity (Wildman–Crippen MR) is 146 cm³/mol. The highest BCUT2D eigenvalue weighted by Crippen LogP contribution is 2.37. The smallest absolute Gasteiger partial charge is 0.274 e. The van der Waals surface area contributed by atoms with E-state index in [0.717, 1.165) is 37.8 Å². The molecule has 0 fully saturated rings. The third-order valence-electron chi connectivity index (χ3n) is 5.78. The van der Waals surface area contributed by atoms with Crippen molar-refractivity contribution in [3.05, 3.63) is 95.2 Å². The first-order valence-electron chi connectivity index (χ1n) is 11.1. The first-order chi connectivity index (χ1) is 16.8. The number of thiazole rings is 1. The van der Waals surface area contributed by atoms with Crippen LogP contribution >= 0.6 is 38.9 Å². The molecule has 35 heavy (non-hydrogen) atoms. The van der Waals surface area contributed by atoms with E-state index in [9.17, 15) is 4.79 Å². The van der Waals surface area contributed by atoms with Crippen molar-refractivity contribution in [1.29, 1.82) is 0 Å². The van der Waals surface area contributed by atoms with Crippen LogP contribution in [0.3, 0.4) is 0 Å². The van der Waals surface area contributed by atoms with Crippen molar-refractivity contribution in [2.75, 3.05) is 6.61 Å². The molecule has 5 rings (SSSR count). The van der Waals surface area contributed by atoms with Crippen LogP contribution in [0.5, 0.6) is 11.5 Å². The summed E-state index contributed by atoms with van der Waals surface area (Å²) in [4.78, 5) is 18.6. The van der Waals surface area contributed by atoms with Gasteiger partial charge in [-0.25, -0.2) is 9.38 Å². The zero-order valence-electron chi connectivity index (χ0n) is 19.4. The number of fused-ring (bicyclic) bond motifs is 3. The molecule has 178 valence electrons. The average Bonchev–Trinajstić information content (AvgIpc) is 3.30. The first-order valence-corrected chi connectivity index (χ1v) is 13.1. The van der Waals surface area contributed by atoms with Gasteiger partial charge in [-0.15, -0.1) is 0 Å². The van der Waals surface area contributed by atoms with Crippen LogP contribution in [0.25, 0.3) is 22.1 Å². The van der Waals surface area contributed by atoms with E-state index >= 15 is 0 Å². The van der Waals surface area contributed by atoms with E-state index in [4.69, 9.17) is 21.1 Å². The molecule has 0 saturated heterocycles. The fraction of sp³-hybridized carbons (Fsp3) is 0.185. The number of imidazole rings is 1. The molecule has 8 heteroatoms. The maximum absolute atomic E-state index is 13.3. The Kier molecular flexibility index (Phi) is 6.57. The Labute approximate surface area is 219 Å². The number of aromatic nitrogens is 2. The van der Waals surface area contributed by atoms with Crippen LogP contribution in [-0.4, -0.2) is 16.0 Å². The molecule has 0 radical (unpaired) electrons. The van der Waals surface area contributed by atoms with Gasteiger partial charge in [0.25, 0.3) is 5.56 Å². The van der Waals surface area contributed by atoms with E-state index in [1.54, 1.807) is 10.5 Å². The quantitative estimate of drug-likeness (QED) is 0.235. The lowest BCUT2D eigenvalue weighted by Gasteiger charge is -2.14. The molecule has 0 unspecified atom stereocenters. The van der Waals surface area contributed by atoms with Gasteiger partial charge in [0.2, 0.25) is 0 Å². The first kappa shape index (κ1) is 23.9. The molecule has 0 amide bonds. The van der Waals surface area contributed by atoms with Gasteiger partial charge < -0.3 is 9.47 Å². The fourth-order valence-corrected chi connectivity index (χ4v) is 5.41. The monoisotopic (exact) mass is 568 g/mol. The molecule has 0 N–H and O–H groups in total. The summed E-state index contributed by atoms with van der Waals surface area (Å²) in [5.41, 5.74) is 5.61.